The lowest BCUT2D eigenvalue weighted by atomic mass is 9.95. The first kappa shape index (κ1) is 26.7. The number of anilines is 1. The van der Waals surface area contributed by atoms with E-state index in [0.29, 0.717) is 4.68 Å². The third-order valence-corrected chi connectivity index (χ3v) is 7.39. The zero-order valence-corrected chi connectivity index (χ0v) is 18.4. The van der Waals surface area contributed by atoms with Gasteiger partial charge in [0.25, 0.3) is 0 Å². The highest BCUT2D eigenvalue weighted by Crippen LogP contribution is 2.66. The maximum Gasteiger partial charge on any atom is 0.490 e. The van der Waals surface area contributed by atoms with E-state index in [1.165, 1.54) is 6.92 Å². The highest BCUT2D eigenvalue weighted by atomic mass is 31.3. The quantitative estimate of drug-likeness (QED) is 0.138. The summed E-state index contributed by atoms with van der Waals surface area (Å²) in [5, 5.41) is 24.8. The van der Waals surface area contributed by atoms with Gasteiger partial charge in [-0.3, -0.25) is 4.52 Å². The predicted octanol–water partition coefficient (Wildman–Crippen LogP) is -2.42. The van der Waals surface area contributed by atoms with Crippen LogP contribution in [-0.4, -0.2) is 69.0 Å². The first-order valence-electron chi connectivity index (χ1n) is 7.99. The fourth-order valence-corrected chi connectivity index (χ4v) is 5.51. The van der Waals surface area contributed by atoms with Crippen LogP contribution < -0.4 is 11.4 Å². The molecule has 8 N–H and O–H groups in total. The van der Waals surface area contributed by atoms with Gasteiger partial charge in [-0.05, 0) is 6.92 Å². The Morgan fingerprint density at radius 2 is 1.88 bits per heavy atom. The van der Waals surface area contributed by atoms with Crippen molar-refractivity contribution in [2.75, 3.05) is 12.3 Å². The van der Waals surface area contributed by atoms with Crippen molar-refractivity contribution in [3.63, 3.8) is 0 Å². The van der Waals surface area contributed by atoms with Gasteiger partial charge in [-0.2, -0.15) is 23.4 Å². The molecule has 1 aliphatic rings. The van der Waals surface area contributed by atoms with E-state index in [2.05, 4.69) is 35.1 Å². The van der Waals surface area contributed by atoms with Crippen molar-refractivity contribution < 1.29 is 61.4 Å². The van der Waals surface area contributed by atoms with Crippen molar-refractivity contribution in [2.24, 2.45) is 0 Å². The molecule has 1 aromatic rings. The number of nitrogen functional groups attached to an aromatic ring is 1. The molecule has 0 bridgehead atoms. The molecule has 2 rings (SSSR count). The van der Waals surface area contributed by atoms with Crippen LogP contribution in [0.15, 0.2) is 11.0 Å². The molecule has 0 saturated carbocycles. The summed E-state index contributed by atoms with van der Waals surface area (Å²) in [6.45, 7) is 0.158. The van der Waals surface area contributed by atoms with Crippen molar-refractivity contribution in [1.29, 1.82) is 0 Å². The van der Waals surface area contributed by atoms with Crippen LogP contribution in [0.2, 0.25) is 0 Å². The number of ether oxygens (including phenoxy) is 1. The average Bonchev–Trinajstić information content (AvgIpc) is 2.82. The first-order chi connectivity index (χ1) is 14.5. The maximum absolute atomic E-state index is 12.0. The Labute approximate surface area is 178 Å². The van der Waals surface area contributed by atoms with Crippen LogP contribution in [-0.2, 0) is 31.6 Å². The van der Waals surface area contributed by atoms with Gasteiger partial charge in [0, 0.05) is 0 Å². The van der Waals surface area contributed by atoms with Crippen LogP contribution in [0, 0.1) is 11.8 Å². The van der Waals surface area contributed by atoms with Crippen LogP contribution in [0.1, 0.15) is 13.2 Å². The molecule has 1 aliphatic heterocycles. The number of aliphatic hydroxyl groups excluding tert-OH is 1. The molecule has 2 heterocycles. The number of hydrogen-bond acceptors (Lipinski definition) is 13. The van der Waals surface area contributed by atoms with Gasteiger partial charge in [0.05, 0.1) is 12.8 Å². The van der Waals surface area contributed by atoms with Gasteiger partial charge in [-0.1, -0.05) is 5.92 Å². The first-order valence-corrected chi connectivity index (χ1v) is 12.5. The molecule has 3 unspecified atom stereocenters. The third-order valence-electron chi connectivity index (χ3n) is 3.58. The summed E-state index contributed by atoms with van der Waals surface area (Å²) in [4.78, 5) is 51.0. The van der Waals surface area contributed by atoms with Gasteiger partial charge in [-0.25, -0.2) is 18.5 Å². The lowest BCUT2D eigenvalue weighted by molar-refractivity contribution is -0.0833. The molecule has 1 fully saturated rings. The van der Waals surface area contributed by atoms with Crippen LogP contribution >= 0.6 is 23.5 Å². The SMILES string of the molecule is CC#CC1(O)[C@@H](O)[C@@H](COP(=O)(O)OP(=O)(O)OP(=O)(O)O)O[C@H]1n1ncc(N)nc1=O. The normalized spacial score (nSPS) is 29.5. The van der Waals surface area contributed by atoms with E-state index >= 15 is 0 Å². The number of nitrogens with two attached hydrogens (primary N) is 1. The van der Waals surface area contributed by atoms with E-state index in [-0.39, 0.29) is 5.82 Å². The lowest BCUT2D eigenvalue weighted by Crippen LogP contribution is -2.48. The molecule has 1 aromatic heterocycles. The third kappa shape index (κ3) is 6.50. The summed E-state index contributed by atoms with van der Waals surface area (Å²) in [5.41, 5.74) is 1.72. The number of phosphoric ester groups is 1. The minimum atomic E-state index is -5.77. The Morgan fingerprint density at radius 3 is 2.41 bits per heavy atom. The van der Waals surface area contributed by atoms with Gasteiger partial charge in [0.15, 0.2) is 6.23 Å². The van der Waals surface area contributed by atoms with Crippen molar-refractivity contribution in [3.8, 4) is 11.8 Å². The minimum Gasteiger partial charge on any atom is -0.386 e. The smallest absolute Gasteiger partial charge is 0.386 e. The van der Waals surface area contributed by atoms with Crippen LogP contribution in [0.4, 0.5) is 5.82 Å². The molecule has 21 heteroatoms. The highest BCUT2D eigenvalue weighted by Gasteiger charge is 2.57. The summed E-state index contributed by atoms with van der Waals surface area (Å²) in [6, 6.07) is 0. The molecule has 32 heavy (non-hydrogen) atoms. The van der Waals surface area contributed by atoms with Gasteiger partial charge >= 0.3 is 29.2 Å². The molecular formula is C11H17N4O14P3. The Hall–Kier alpha value is -1.54. The fraction of sp³-hybridized carbons (Fsp3) is 0.545. The van der Waals surface area contributed by atoms with Crippen LogP contribution in [0.25, 0.3) is 0 Å². The molecule has 0 amide bonds. The zero-order valence-electron chi connectivity index (χ0n) is 15.7. The van der Waals surface area contributed by atoms with E-state index in [9.17, 15) is 33.6 Å². The monoisotopic (exact) mass is 522 g/mol. The minimum absolute atomic E-state index is 0.265. The maximum atomic E-state index is 12.0. The highest BCUT2D eigenvalue weighted by molar-refractivity contribution is 7.66. The number of rotatable bonds is 8. The zero-order chi connectivity index (χ0) is 24.5. The number of hydrogen-bond donors (Lipinski definition) is 7. The van der Waals surface area contributed by atoms with Crippen molar-refractivity contribution in [3.05, 3.63) is 16.7 Å². The van der Waals surface area contributed by atoms with E-state index in [1.807, 2.05) is 0 Å². The molecule has 6 atom stereocenters. The number of phosphoric acid groups is 3. The van der Waals surface area contributed by atoms with Crippen LogP contribution in [0.5, 0.6) is 0 Å². The molecule has 180 valence electrons. The van der Waals surface area contributed by atoms with Crippen molar-refractivity contribution >= 4 is 29.3 Å². The Morgan fingerprint density at radius 1 is 1.25 bits per heavy atom. The summed E-state index contributed by atoms with van der Waals surface area (Å²) >= 11 is 0. The number of aliphatic hydroxyl groups is 2. The second-order valence-electron chi connectivity index (χ2n) is 5.97. The van der Waals surface area contributed by atoms with Gasteiger partial charge in [-0.15, -0.1) is 5.92 Å². The summed E-state index contributed by atoms with van der Waals surface area (Å²) < 4.78 is 51.0. The van der Waals surface area contributed by atoms with E-state index in [1.54, 1.807) is 0 Å². The topological polar surface area (TPSA) is 283 Å². The molecule has 0 aromatic carbocycles. The second-order valence-corrected chi connectivity index (χ2v) is 10.4. The molecule has 18 nitrogen and oxygen atoms in total. The fourth-order valence-electron chi connectivity index (χ4n) is 2.48. The summed E-state index contributed by atoms with van der Waals surface area (Å²) in [6.07, 6.45) is -4.59. The summed E-state index contributed by atoms with van der Waals surface area (Å²) in [5.74, 6) is 4.25. The van der Waals surface area contributed by atoms with Crippen LogP contribution in [0.3, 0.4) is 0 Å². The number of aromatic nitrogens is 3. The standard InChI is InChI=1S/C11H17N4O14P3/c1-2-3-11(18)8(16)6(27-9(11)15-10(17)14-7(12)4-13-15)5-26-31(22,23)29-32(24,25)28-30(19,20)21/h4,6,8-9,16,18H,5H2,1H3,(H,22,23)(H,24,25)(H2,12,14,17)(H2,19,20,21)/t6-,8+,9-,11?/m1/s1. The molecular weight excluding hydrogens is 505 g/mol. The Bertz CT molecular complexity index is 1120. The molecule has 1 saturated heterocycles. The van der Waals surface area contributed by atoms with E-state index < -0.39 is 59.8 Å². The largest absolute Gasteiger partial charge is 0.490 e. The predicted molar refractivity (Wildman–Crippen MR) is 98.8 cm³/mol. The van der Waals surface area contributed by atoms with E-state index in [0.717, 1.165) is 6.20 Å². The van der Waals surface area contributed by atoms with Gasteiger partial charge < -0.3 is 40.3 Å². The molecule has 0 radical (unpaired) electrons. The molecule has 0 aliphatic carbocycles. The van der Waals surface area contributed by atoms with Gasteiger partial charge in [0.2, 0.25) is 5.60 Å². The summed E-state index contributed by atoms with van der Waals surface area (Å²) in [7, 11) is -16.9. The second kappa shape index (κ2) is 9.37. The average molecular weight is 522 g/mol. The Kier molecular flexibility index (Phi) is 7.82. The lowest BCUT2D eigenvalue weighted by Gasteiger charge is -2.25. The Balaban J connectivity index is 2.23. The van der Waals surface area contributed by atoms with Crippen molar-refractivity contribution in [2.45, 2.75) is 31.0 Å². The number of nitrogens with zero attached hydrogens (tertiary/aromatic N) is 3. The molecule has 0 spiro atoms. The van der Waals surface area contributed by atoms with E-state index in [4.69, 9.17) is 25.2 Å². The van der Waals surface area contributed by atoms with Crippen molar-refractivity contribution in [1.82, 2.24) is 14.8 Å². The van der Waals surface area contributed by atoms with Gasteiger partial charge in [0.1, 0.15) is 18.0 Å².